The lowest BCUT2D eigenvalue weighted by molar-refractivity contribution is -0.143. The van der Waals surface area contributed by atoms with Gasteiger partial charge in [0.2, 0.25) is 0 Å². The third-order valence-corrected chi connectivity index (χ3v) is 8.19. The van der Waals surface area contributed by atoms with Gasteiger partial charge in [0, 0.05) is 30.6 Å². The second kappa shape index (κ2) is 15.4. The molecule has 0 spiro atoms. The zero-order valence-corrected chi connectivity index (χ0v) is 27.9. The van der Waals surface area contributed by atoms with Crippen LogP contribution in [0.4, 0.5) is 4.39 Å². The van der Waals surface area contributed by atoms with E-state index in [0.717, 1.165) is 40.8 Å². The van der Waals surface area contributed by atoms with E-state index in [-0.39, 0.29) is 36.7 Å². The summed E-state index contributed by atoms with van der Waals surface area (Å²) in [6.07, 6.45) is 2.74. The van der Waals surface area contributed by atoms with E-state index in [1.165, 1.54) is 0 Å². The van der Waals surface area contributed by atoms with Crippen molar-refractivity contribution in [1.29, 1.82) is 0 Å². The molecule has 1 unspecified atom stereocenters. The van der Waals surface area contributed by atoms with Gasteiger partial charge in [-0.3, -0.25) is 14.4 Å². The number of aromatic nitrogens is 1. The summed E-state index contributed by atoms with van der Waals surface area (Å²) in [7, 11) is 3.99. The Morgan fingerprint density at radius 2 is 1.61 bits per heavy atom. The molecule has 0 aliphatic rings. The summed E-state index contributed by atoms with van der Waals surface area (Å²) >= 11 is 0. The summed E-state index contributed by atoms with van der Waals surface area (Å²) in [5.74, 6) is -1.75. The van der Waals surface area contributed by atoms with E-state index in [9.17, 15) is 14.4 Å². The zero-order chi connectivity index (χ0) is 32.7. The fourth-order valence-corrected chi connectivity index (χ4v) is 5.99. The van der Waals surface area contributed by atoms with Gasteiger partial charge < -0.3 is 14.2 Å². The van der Waals surface area contributed by atoms with Gasteiger partial charge in [0.25, 0.3) is 5.56 Å². The molecule has 1 aromatic heterocycles. The predicted molar refractivity (Wildman–Crippen MR) is 176 cm³/mol. The number of aryl methyl sites for hydroxylation is 4. The van der Waals surface area contributed by atoms with Crippen LogP contribution in [0, 0.1) is 39.4 Å². The van der Waals surface area contributed by atoms with Gasteiger partial charge in [0.15, 0.2) is 5.78 Å². The number of pyridine rings is 1. The summed E-state index contributed by atoms with van der Waals surface area (Å²) in [5.41, 5.74) is 6.07. The van der Waals surface area contributed by atoms with E-state index < -0.39 is 23.7 Å². The van der Waals surface area contributed by atoms with E-state index in [4.69, 9.17) is 4.74 Å². The topological polar surface area (TPSA) is 68.6 Å². The SMILES string of the molecule is CCOC(=O)C[C@H](CC(=O)C(CC(C)C)n1cc(CCN(C)C)cc(C)c1=O)c1cc(-c2c(C)cccc2C)cc(C)c1F. The molecule has 3 aromatic rings. The minimum atomic E-state index is -0.757. The Morgan fingerprint density at radius 1 is 0.955 bits per heavy atom. The van der Waals surface area contributed by atoms with Crippen LogP contribution in [-0.4, -0.2) is 48.5 Å². The van der Waals surface area contributed by atoms with Gasteiger partial charge in [-0.05, 0) is 125 Å². The van der Waals surface area contributed by atoms with Crippen molar-refractivity contribution in [3.63, 3.8) is 0 Å². The molecule has 0 fully saturated rings. The molecule has 0 saturated carbocycles. The van der Waals surface area contributed by atoms with Gasteiger partial charge in [-0.1, -0.05) is 32.0 Å². The van der Waals surface area contributed by atoms with Gasteiger partial charge >= 0.3 is 5.97 Å². The van der Waals surface area contributed by atoms with E-state index in [1.54, 1.807) is 37.6 Å². The van der Waals surface area contributed by atoms with Crippen LogP contribution in [0.3, 0.4) is 0 Å². The summed E-state index contributed by atoms with van der Waals surface area (Å²) in [5, 5.41) is 0. The Morgan fingerprint density at radius 3 is 2.20 bits per heavy atom. The van der Waals surface area contributed by atoms with Crippen molar-refractivity contribution in [2.24, 2.45) is 5.92 Å². The Hall–Kier alpha value is -3.58. The molecule has 0 saturated heterocycles. The van der Waals surface area contributed by atoms with E-state index in [2.05, 4.69) is 4.90 Å². The summed E-state index contributed by atoms with van der Waals surface area (Å²) in [4.78, 5) is 42.6. The van der Waals surface area contributed by atoms with Crippen LogP contribution >= 0.6 is 0 Å². The number of rotatable bonds is 14. The minimum absolute atomic E-state index is 0.101. The van der Waals surface area contributed by atoms with Gasteiger partial charge in [-0.25, -0.2) is 4.39 Å². The first-order chi connectivity index (χ1) is 20.7. The van der Waals surface area contributed by atoms with Crippen molar-refractivity contribution in [3.05, 3.63) is 92.1 Å². The molecule has 0 bridgehead atoms. The average molecular weight is 605 g/mol. The first kappa shape index (κ1) is 34.9. The fourth-order valence-electron chi connectivity index (χ4n) is 5.99. The Balaban J connectivity index is 2.12. The highest BCUT2D eigenvalue weighted by Gasteiger charge is 2.30. The average Bonchev–Trinajstić information content (AvgIpc) is 2.93. The number of halogens is 1. The first-order valence-corrected chi connectivity index (χ1v) is 15.6. The lowest BCUT2D eigenvalue weighted by atomic mass is 9.84. The maximum Gasteiger partial charge on any atom is 0.306 e. The van der Waals surface area contributed by atoms with Crippen LogP contribution in [0.2, 0.25) is 0 Å². The van der Waals surface area contributed by atoms with Crippen LogP contribution < -0.4 is 5.56 Å². The fraction of sp³-hybridized carbons (Fsp3) is 0.486. The second-order valence-corrected chi connectivity index (χ2v) is 12.8. The highest BCUT2D eigenvalue weighted by Crippen LogP contribution is 2.36. The van der Waals surface area contributed by atoms with Crippen molar-refractivity contribution < 1.29 is 18.7 Å². The molecule has 2 aromatic carbocycles. The van der Waals surface area contributed by atoms with Crippen molar-refractivity contribution in [1.82, 2.24) is 9.47 Å². The number of carbonyl (C=O) groups excluding carboxylic acids is 2. The van der Waals surface area contributed by atoms with Crippen molar-refractivity contribution >= 4 is 11.8 Å². The molecule has 0 amide bonds. The third kappa shape index (κ3) is 8.75. The molecule has 3 rings (SSSR count). The number of Topliss-reactive ketones (excluding diaryl/α,β-unsaturated/α-hetero) is 1. The lowest BCUT2D eigenvalue weighted by Crippen LogP contribution is -2.33. The molecule has 44 heavy (non-hydrogen) atoms. The van der Waals surface area contributed by atoms with Gasteiger partial charge in [-0.2, -0.15) is 0 Å². The predicted octanol–water partition coefficient (Wildman–Crippen LogP) is 7.28. The van der Waals surface area contributed by atoms with Crippen LogP contribution in [-0.2, 0) is 20.7 Å². The standard InChI is InChI=1S/C37H49FN2O4/c1-10-44-34(42)21-29(31-19-30(18-26(6)36(31)38)35-24(4)12-11-13-25(35)5)20-33(41)32(16-23(2)3)40-22-28(14-15-39(8)9)17-27(7)37(40)43/h11-13,17-19,22-23,29,32H,10,14-16,20-21H2,1-9H3/t29-,32?/m0/s1. The molecular weight excluding hydrogens is 555 g/mol. The minimum Gasteiger partial charge on any atom is -0.466 e. The monoisotopic (exact) mass is 604 g/mol. The van der Waals surface area contributed by atoms with E-state index >= 15 is 4.39 Å². The number of benzene rings is 2. The molecule has 238 valence electrons. The summed E-state index contributed by atoms with van der Waals surface area (Å²) in [6.45, 7) is 14.3. The van der Waals surface area contributed by atoms with Crippen molar-refractivity contribution in [2.75, 3.05) is 27.2 Å². The number of likely N-dealkylation sites (N-methyl/N-ethyl adjacent to an activating group) is 1. The molecule has 0 radical (unpaired) electrons. The van der Waals surface area contributed by atoms with Gasteiger partial charge in [-0.15, -0.1) is 0 Å². The smallest absolute Gasteiger partial charge is 0.306 e. The van der Waals surface area contributed by atoms with E-state index in [1.807, 2.05) is 72.1 Å². The summed E-state index contributed by atoms with van der Waals surface area (Å²) < 4.78 is 22.8. The van der Waals surface area contributed by atoms with Crippen molar-refractivity contribution in [2.45, 2.75) is 86.1 Å². The molecule has 2 atom stereocenters. The first-order valence-electron chi connectivity index (χ1n) is 15.6. The number of hydrogen-bond donors (Lipinski definition) is 0. The van der Waals surface area contributed by atoms with Gasteiger partial charge in [0.1, 0.15) is 5.82 Å². The normalized spacial score (nSPS) is 12.9. The molecule has 1 heterocycles. The van der Waals surface area contributed by atoms with Crippen LogP contribution in [0.5, 0.6) is 0 Å². The number of hydrogen-bond acceptors (Lipinski definition) is 5. The summed E-state index contributed by atoms with van der Waals surface area (Å²) in [6, 6.07) is 10.8. The number of ether oxygens (including phenoxy) is 1. The van der Waals surface area contributed by atoms with Crippen LogP contribution in [0.1, 0.15) is 85.4 Å². The van der Waals surface area contributed by atoms with E-state index in [0.29, 0.717) is 23.1 Å². The Kier molecular flexibility index (Phi) is 12.2. The Bertz CT molecular complexity index is 1520. The lowest BCUT2D eigenvalue weighted by Gasteiger charge is -2.25. The largest absolute Gasteiger partial charge is 0.466 e. The molecule has 0 N–H and O–H groups in total. The van der Waals surface area contributed by atoms with Crippen LogP contribution in [0.15, 0.2) is 47.4 Å². The molecule has 0 aliphatic heterocycles. The maximum atomic E-state index is 16.0. The molecule has 0 aliphatic carbocycles. The maximum absolute atomic E-state index is 16.0. The molecule has 7 heteroatoms. The quantitative estimate of drug-likeness (QED) is 0.181. The Labute approximate surface area is 262 Å². The highest BCUT2D eigenvalue weighted by atomic mass is 19.1. The number of carbonyl (C=O) groups is 2. The number of ketones is 1. The zero-order valence-electron chi connectivity index (χ0n) is 27.9. The van der Waals surface area contributed by atoms with Crippen LogP contribution in [0.25, 0.3) is 11.1 Å². The highest BCUT2D eigenvalue weighted by molar-refractivity contribution is 5.84. The third-order valence-electron chi connectivity index (χ3n) is 8.19. The number of nitrogens with zero attached hydrogens (tertiary/aromatic N) is 2. The molecule has 6 nitrogen and oxygen atoms in total. The van der Waals surface area contributed by atoms with Crippen molar-refractivity contribution in [3.8, 4) is 11.1 Å². The second-order valence-electron chi connectivity index (χ2n) is 12.8. The van der Waals surface area contributed by atoms with Gasteiger partial charge in [0.05, 0.1) is 19.1 Å². The molecular formula is C37H49FN2O4. The number of esters is 1.